The summed E-state index contributed by atoms with van der Waals surface area (Å²) in [6, 6.07) is 7.48. The number of thiophene rings is 1. The zero-order chi connectivity index (χ0) is 18.8. The topological polar surface area (TPSA) is 64.9 Å². The van der Waals surface area contributed by atoms with Crippen LogP contribution in [-0.2, 0) is 12.8 Å². The Balaban J connectivity index is 1.76. The molecule has 26 heavy (non-hydrogen) atoms. The number of anilines is 1. The molecule has 4 nitrogen and oxygen atoms in total. The number of amides is 1. The fourth-order valence-electron chi connectivity index (χ4n) is 2.93. The van der Waals surface area contributed by atoms with E-state index in [0.717, 1.165) is 28.4 Å². The molecule has 1 atom stereocenters. The maximum absolute atomic E-state index is 12.4. The second-order valence-electron chi connectivity index (χ2n) is 6.20. The standard InChI is InChI=1S/C18H15ClIN3OS2/c1-9-2-4-11-13(8-21)17(26-15(11)6-9)23-18(25)22-16(24)12-7-10(20)3-5-14(12)19/h3,5,7,9H,2,4,6H2,1H3,(H2,22,23,24,25)/t9-/m1/s1. The molecule has 0 spiro atoms. The first kappa shape index (κ1) is 19.5. The molecule has 2 aromatic rings. The smallest absolute Gasteiger partial charge is 0.258 e. The van der Waals surface area contributed by atoms with Crippen molar-refractivity contribution in [1.29, 1.82) is 5.26 Å². The quantitative estimate of drug-likeness (QED) is 0.430. The monoisotopic (exact) mass is 515 g/mol. The summed E-state index contributed by atoms with van der Waals surface area (Å²) in [4.78, 5) is 13.7. The van der Waals surface area contributed by atoms with Gasteiger partial charge >= 0.3 is 0 Å². The molecule has 0 aliphatic heterocycles. The molecule has 134 valence electrons. The SMILES string of the molecule is C[C@@H]1CCc2c(sc(NC(=S)NC(=O)c3cc(I)ccc3Cl)c2C#N)C1. The van der Waals surface area contributed by atoms with Gasteiger partial charge in [0.15, 0.2) is 5.11 Å². The normalized spacial score (nSPS) is 15.7. The van der Waals surface area contributed by atoms with E-state index in [1.807, 2.05) is 6.07 Å². The summed E-state index contributed by atoms with van der Waals surface area (Å²) in [5.41, 5.74) is 2.12. The molecule has 1 aliphatic rings. The van der Waals surface area contributed by atoms with E-state index < -0.39 is 0 Å². The molecular weight excluding hydrogens is 501 g/mol. The number of hydrogen-bond acceptors (Lipinski definition) is 4. The molecule has 1 aromatic heterocycles. The van der Waals surface area contributed by atoms with Gasteiger partial charge in [-0.15, -0.1) is 11.3 Å². The second kappa shape index (κ2) is 8.21. The summed E-state index contributed by atoms with van der Waals surface area (Å²) < 4.78 is 0.905. The van der Waals surface area contributed by atoms with Crippen LogP contribution in [0.15, 0.2) is 18.2 Å². The summed E-state index contributed by atoms with van der Waals surface area (Å²) in [6.07, 6.45) is 2.98. The van der Waals surface area contributed by atoms with Gasteiger partial charge in [-0.2, -0.15) is 5.26 Å². The Morgan fingerprint density at radius 2 is 2.27 bits per heavy atom. The van der Waals surface area contributed by atoms with E-state index >= 15 is 0 Å². The predicted molar refractivity (Wildman–Crippen MR) is 118 cm³/mol. The maximum Gasteiger partial charge on any atom is 0.258 e. The third-order valence-electron chi connectivity index (χ3n) is 4.25. The van der Waals surface area contributed by atoms with Crippen LogP contribution < -0.4 is 10.6 Å². The van der Waals surface area contributed by atoms with Crippen LogP contribution in [0.1, 0.15) is 39.7 Å². The van der Waals surface area contributed by atoms with Gasteiger partial charge in [0.25, 0.3) is 5.91 Å². The van der Waals surface area contributed by atoms with E-state index in [1.54, 1.807) is 23.5 Å². The summed E-state index contributed by atoms with van der Waals surface area (Å²) in [7, 11) is 0. The van der Waals surface area contributed by atoms with Gasteiger partial charge in [0, 0.05) is 8.45 Å². The Morgan fingerprint density at radius 1 is 1.50 bits per heavy atom. The first-order valence-corrected chi connectivity index (χ1v) is 10.7. The number of thiocarbonyl (C=S) groups is 1. The lowest BCUT2D eigenvalue weighted by atomic mass is 9.89. The van der Waals surface area contributed by atoms with E-state index in [4.69, 9.17) is 23.8 Å². The molecule has 1 aromatic carbocycles. The fourth-order valence-corrected chi connectivity index (χ4v) is 5.25. The Kier molecular flexibility index (Phi) is 6.17. The van der Waals surface area contributed by atoms with Crippen LogP contribution in [0.3, 0.4) is 0 Å². The highest BCUT2D eigenvalue weighted by molar-refractivity contribution is 14.1. The number of hydrogen-bond donors (Lipinski definition) is 2. The minimum atomic E-state index is -0.375. The lowest BCUT2D eigenvalue weighted by Gasteiger charge is -2.17. The zero-order valence-electron chi connectivity index (χ0n) is 13.9. The number of fused-ring (bicyclic) bond motifs is 1. The highest BCUT2D eigenvalue weighted by Gasteiger charge is 2.24. The Morgan fingerprint density at radius 3 is 3.00 bits per heavy atom. The third kappa shape index (κ3) is 4.19. The van der Waals surface area contributed by atoms with Gasteiger partial charge in [0.1, 0.15) is 11.1 Å². The molecule has 3 rings (SSSR count). The zero-order valence-corrected chi connectivity index (χ0v) is 18.4. The molecule has 2 N–H and O–H groups in total. The molecule has 8 heteroatoms. The molecule has 1 aliphatic carbocycles. The lowest BCUT2D eigenvalue weighted by Crippen LogP contribution is -2.34. The Bertz CT molecular complexity index is 935. The van der Waals surface area contributed by atoms with Crippen molar-refractivity contribution in [2.45, 2.75) is 26.2 Å². The minimum Gasteiger partial charge on any atom is -0.323 e. The second-order valence-corrected chi connectivity index (χ2v) is 9.37. The summed E-state index contributed by atoms with van der Waals surface area (Å²) in [6.45, 7) is 2.22. The minimum absolute atomic E-state index is 0.160. The molecule has 0 unspecified atom stereocenters. The first-order chi connectivity index (χ1) is 12.4. The first-order valence-electron chi connectivity index (χ1n) is 8.01. The van der Waals surface area contributed by atoms with Crippen LogP contribution in [0, 0.1) is 20.8 Å². The average molecular weight is 516 g/mol. The number of carbonyl (C=O) groups is 1. The fraction of sp³-hybridized carbons (Fsp3) is 0.278. The van der Waals surface area contributed by atoms with Crippen LogP contribution in [0.4, 0.5) is 5.00 Å². The van der Waals surface area contributed by atoms with Crippen molar-refractivity contribution in [1.82, 2.24) is 5.32 Å². The number of halogens is 2. The van der Waals surface area contributed by atoms with E-state index in [0.29, 0.717) is 27.1 Å². The summed E-state index contributed by atoms with van der Waals surface area (Å²) in [5, 5.41) is 16.4. The maximum atomic E-state index is 12.4. The van der Waals surface area contributed by atoms with Crippen LogP contribution in [0.5, 0.6) is 0 Å². The van der Waals surface area contributed by atoms with E-state index in [-0.39, 0.29) is 11.0 Å². The number of rotatable bonds is 2. The number of nitrogens with one attached hydrogen (secondary N) is 2. The number of carbonyl (C=O) groups excluding carboxylic acids is 1. The van der Waals surface area contributed by atoms with Gasteiger partial charge in [0.05, 0.1) is 16.1 Å². The third-order valence-corrected chi connectivity index (χ3v) is 6.63. The average Bonchev–Trinajstić information content (AvgIpc) is 2.92. The van der Waals surface area contributed by atoms with Crippen molar-refractivity contribution >= 4 is 73.8 Å². The molecule has 1 amide bonds. The van der Waals surface area contributed by atoms with E-state index in [1.165, 1.54) is 4.88 Å². The van der Waals surface area contributed by atoms with Crippen LogP contribution in [0.2, 0.25) is 5.02 Å². The lowest BCUT2D eigenvalue weighted by molar-refractivity contribution is 0.0978. The van der Waals surface area contributed by atoms with Gasteiger partial charge in [-0.1, -0.05) is 18.5 Å². The number of nitrogens with zero attached hydrogens (tertiary/aromatic N) is 1. The predicted octanol–water partition coefficient (Wildman–Crippen LogP) is 5.13. The number of benzene rings is 1. The largest absolute Gasteiger partial charge is 0.323 e. The van der Waals surface area contributed by atoms with Crippen molar-refractivity contribution in [3.63, 3.8) is 0 Å². The molecular formula is C18H15ClIN3OS2. The van der Waals surface area contributed by atoms with Gasteiger partial charge in [-0.3, -0.25) is 10.1 Å². The summed E-state index contributed by atoms with van der Waals surface area (Å²) in [5.74, 6) is 0.245. The molecule has 0 saturated heterocycles. The van der Waals surface area contributed by atoms with Crippen molar-refractivity contribution < 1.29 is 4.79 Å². The van der Waals surface area contributed by atoms with E-state index in [2.05, 4.69) is 46.2 Å². The van der Waals surface area contributed by atoms with Crippen molar-refractivity contribution in [2.24, 2.45) is 5.92 Å². The van der Waals surface area contributed by atoms with Gasteiger partial charge < -0.3 is 5.32 Å². The highest BCUT2D eigenvalue weighted by atomic mass is 127. The van der Waals surface area contributed by atoms with Gasteiger partial charge in [-0.25, -0.2) is 0 Å². The van der Waals surface area contributed by atoms with Crippen molar-refractivity contribution in [3.8, 4) is 6.07 Å². The van der Waals surface area contributed by atoms with Crippen molar-refractivity contribution in [2.75, 3.05) is 5.32 Å². The molecule has 1 heterocycles. The van der Waals surface area contributed by atoms with Crippen LogP contribution >= 0.6 is 57.7 Å². The van der Waals surface area contributed by atoms with Crippen molar-refractivity contribution in [3.05, 3.63) is 48.4 Å². The molecule has 0 bridgehead atoms. The number of nitriles is 1. The highest BCUT2D eigenvalue weighted by Crippen LogP contribution is 2.39. The Hall–Kier alpha value is -1.21. The molecule has 0 radical (unpaired) electrons. The van der Waals surface area contributed by atoms with Gasteiger partial charge in [0.2, 0.25) is 0 Å². The van der Waals surface area contributed by atoms with E-state index in [9.17, 15) is 10.1 Å². The van der Waals surface area contributed by atoms with Crippen LogP contribution in [0.25, 0.3) is 0 Å². The summed E-state index contributed by atoms with van der Waals surface area (Å²) >= 11 is 15.0. The van der Waals surface area contributed by atoms with Crippen LogP contribution in [-0.4, -0.2) is 11.0 Å². The Labute approximate surface area is 180 Å². The van der Waals surface area contributed by atoms with Gasteiger partial charge in [-0.05, 0) is 83.8 Å². The molecule has 0 saturated carbocycles. The molecule has 0 fully saturated rings.